The molecule has 1 aromatic heterocycles. The zero-order valence-electron chi connectivity index (χ0n) is 14.7. The van der Waals surface area contributed by atoms with Crippen molar-refractivity contribution in [1.82, 2.24) is 15.2 Å². The highest BCUT2D eigenvalue weighted by atomic mass is 16.6. The Morgan fingerprint density at radius 3 is 2.88 bits per heavy atom. The van der Waals surface area contributed by atoms with Crippen molar-refractivity contribution < 1.29 is 9.47 Å². The smallest absolute Gasteiger partial charge is 0.244 e. The largest absolute Gasteiger partial charge is 0.486 e. The minimum absolute atomic E-state index is 0.531. The van der Waals surface area contributed by atoms with Crippen LogP contribution >= 0.6 is 0 Å². The Balaban J connectivity index is 1.35. The van der Waals surface area contributed by atoms with E-state index in [4.69, 9.17) is 9.47 Å². The van der Waals surface area contributed by atoms with Crippen LogP contribution in [0.1, 0.15) is 32.1 Å². The first-order chi connectivity index (χ1) is 12.9. The first kappa shape index (κ1) is 16.6. The second-order valence-corrected chi connectivity index (χ2v) is 6.43. The van der Waals surface area contributed by atoms with E-state index in [9.17, 15) is 0 Å². The van der Waals surface area contributed by atoms with Crippen molar-refractivity contribution in [2.75, 3.05) is 30.4 Å². The molecule has 2 heterocycles. The van der Waals surface area contributed by atoms with Gasteiger partial charge in [-0.1, -0.05) is 11.6 Å². The number of benzene rings is 1. The first-order valence-electron chi connectivity index (χ1n) is 9.15. The van der Waals surface area contributed by atoms with Crippen LogP contribution in [0, 0.1) is 0 Å². The predicted octanol–water partition coefficient (Wildman–Crippen LogP) is 3.69. The Morgan fingerprint density at radius 1 is 1.08 bits per heavy atom. The highest BCUT2D eigenvalue weighted by Gasteiger charge is 2.12. The quantitative estimate of drug-likeness (QED) is 0.767. The van der Waals surface area contributed by atoms with Crippen LogP contribution in [0.2, 0.25) is 0 Å². The average Bonchev–Trinajstić information content (AvgIpc) is 2.69. The van der Waals surface area contributed by atoms with E-state index in [1.165, 1.54) is 31.3 Å². The van der Waals surface area contributed by atoms with Gasteiger partial charge in [0.15, 0.2) is 17.3 Å². The number of aromatic nitrogens is 3. The number of rotatable bonds is 6. The third-order valence-electron chi connectivity index (χ3n) is 4.49. The average molecular weight is 353 g/mol. The van der Waals surface area contributed by atoms with Gasteiger partial charge in [0.1, 0.15) is 13.2 Å². The van der Waals surface area contributed by atoms with Gasteiger partial charge in [0.2, 0.25) is 5.95 Å². The van der Waals surface area contributed by atoms with Gasteiger partial charge in [-0.2, -0.15) is 10.1 Å². The van der Waals surface area contributed by atoms with E-state index in [0.717, 1.165) is 30.2 Å². The standard InChI is InChI=1S/C19H23N5O2/c1-2-4-14(5-3-1)8-9-20-19-23-18(13-21-24-19)22-15-6-7-16-17(12-15)26-11-10-25-16/h4,6-7,12-13H,1-3,5,8-11H2,(H2,20,22,23,24). The lowest BCUT2D eigenvalue weighted by Gasteiger charge is -2.19. The summed E-state index contributed by atoms with van der Waals surface area (Å²) in [4.78, 5) is 4.48. The molecule has 1 aromatic carbocycles. The molecule has 7 heteroatoms. The first-order valence-corrected chi connectivity index (χ1v) is 9.15. The number of fused-ring (bicyclic) bond motifs is 1. The fourth-order valence-corrected chi connectivity index (χ4v) is 3.17. The molecule has 136 valence electrons. The lowest BCUT2D eigenvalue weighted by Crippen LogP contribution is -2.15. The van der Waals surface area contributed by atoms with Crippen LogP contribution < -0.4 is 20.1 Å². The van der Waals surface area contributed by atoms with Crippen LogP contribution in [0.15, 0.2) is 36.0 Å². The lowest BCUT2D eigenvalue weighted by atomic mass is 9.97. The summed E-state index contributed by atoms with van der Waals surface area (Å²) in [5.41, 5.74) is 2.40. The molecule has 2 N–H and O–H groups in total. The predicted molar refractivity (Wildman–Crippen MR) is 100 cm³/mol. The van der Waals surface area contributed by atoms with Gasteiger partial charge in [0.05, 0.1) is 6.20 Å². The molecule has 26 heavy (non-hydrogen) atoms. The summed E-state index contributed by atoms with van der Waals surface area (Å²) in [6, 6.07) is 5.72. The van der Waals surface area contributed by atoms with Crippen LogP contribution in [0.4, 0.5) is 17.5 Å². The number of hydrogen-bond donors (Lipinski definition) is 2. The zero-order chi connectivity index (χ0) is 17.6. The molecule has 0 atom stereocenters. The molecule has 0 fully saturated rings. The van der Waals surface area contributed by atoms with E-state index in [1.54, 1.807) is 6.20 Å². The van der Waals surface area contributed by atoms with Crippen LogP contribution in [-0.4, -0.2) is 34.9 Å². The van der Waals surface area contributed by atoms with E-state index < -0.39 is 0 Å². The van der Waals surface area contributed by atoms with Gasteiger partial charge in [-0.15, -0.1) is 5.10 Å². The molecular weight excluding hydrogens is 330 g/mol. The Morgan fingerprint density at radius 2 is 2.00 bits per heavy atom. The maximum absolute atomic E-state index is 5.61. The molecular formula is C19H23N5O2. The third-order valence-corrected chi connectivity index (χ3v) is 4.49. The van der Waals surface area contributed by atoms with Gasteiger partial charge in [-0.25, -0.2) is 0 Å². The van der Waals surface area contributed by atoms with E-state index in [0.29, 0.717) is 25.0 Å². The summed E-state index contributed by atoms with van der Waals surface area (Å²) < 4.78 is 11.1. The molecule has 2 aliphatic rings. The number of ether oxygens (including phenoxy) is 2. The number of nitrogens with zero attached hydrogens (tertiary/aromatic N) is 3. The van der Waals surface area contributed by atoms with Crippen molar-refractivity contribution >= 4 is 17.5 Å². The molecule has 0 saturated carbocycles. The third kappa shape index (κ3) is 4.22. The van der Waals surface area contributed by atoms with Crippen LogP contribution in [-0.2, 0) is 0 Å². The zero-order valence-corrected chi connectivity index (χ0v) is 14.7. The van der Waals surface area contributed by atoms with Gasteiger partial charge in [-0.05, 0) is 44.2 Å². The molecule has 0 unspecified atom stereocenters. The van der Waals surface area contributed by atoms with Crippen molar-refractivity contribution in [2.24, 2.45) is 0 Å². The summed E-state index contributed by atoms with van der Waals surface area (Å²) in [6.45, 7) is 1.97. The highest BCUT2D eigenvalue weighted by molar-refractivity contribution is 5.61. The molecule has 7 nitrogen and oxygen atoms in total. The van der Waals surface area contributed by atoms with Crippen molar-refractivity contribution in [3.8, 4) is 11.5 Å². The second kappa shape index (κ2) is 8.03. The molecule has 0 spiro atoms. The molecule has 0 saturated heterocycles. The molecule has 0 radical (unpaired) electrons. The Kier molecular flexibility index (Phi) is 5.14. The summed E-state index contributed by atoms with van der Waals surface area (Å²) in [5.74, 6) is 2.67. The van der Waals surface area contributed by atoms with E-state index >= 15 is 0 Å². The van der Waals surface area contributed by atoms with Crippen molar-refractivity contribution in [3.05, 3.63) is 36.0 Å². The normalized spacial score (nSPS) is 15.9. The Hall–Kier alpha value is -2.83. The van der Waals surface area contributed by atoms with Crippen molar-refractivity contribution in [1.29, 1.82) is 0 Å². The number of hydrogen-bond acceptors (Lipinski definition) is 7. The van der Waals surface area contributed by atoms with Crippen LogP contribution in [0.25, 0.3) is 0 Å². The SMILES string of the molecule is C1=C(CCNc2nncc(Nc3ccc4c(c3)OCCO4)n2)CCCC1. The molecule has 1 aliphatic heterocycles. The molecule has 0 bridgehead atoms. The second-order valence-electron chi connectivity index (χ2n) is 6.43. The topological polar surface area (TPSA) is 81.2 Å². The van der Waals surface area contributed by atoms with E-state index in [-0.39, 0.29) is 0 Å². The molecule has 1 aliphatic carbocycles. The van der Waals surface area contributed by atoms with Crippen molar-refractivity contribution in [2.45, 2.75) is 32.1 Å². The summed E-state index contributed by atoms with van der Waals surface area (Å²) in [6.07, 6.45) is 10.0. The van der Waals surface area contributed by atoms with Crippen LogP contribution in [0.5, 0.6) is 11.5 Å². The molecule has 0 amide bonds. The van der Waals surface area contributed by atoms with Crippen LogP contribution in [0.3, 0.4) is 0 Å². The van der Waals surface area contributed by atoms with Gasteiger partial charge in [0, 0.05) is 18.3 Å². The lowest BCUT2D eigenvalue weighted by molar-refractivity contribution is 0.171. The van der Waals surface area contributed by atoms with Crippen molar-refractivity contribution in [3.63, 3.8) is 0 Å². The summed E-state index contributed by atoms with van der Waals surface area (Å²) >= 11 is 0. The number of nitrogens with one attached hydrogen (secondary N) is 2. The van der Waals surface area contributed by atoms with Gasteiger partial charge >= 0.3 is 0 Å². The number of anilines is 3. The fraction of sp³-hybridized carbons (Fsp3) is 0.421. The van der Waals surface area contributed by atoms with E-state index in [2.05, 4.69) is 31.9 Å². The highest BCUT2D eigenvalue weighted by Crippen LogP contribution is 2.33. The minimum atomic E-state index is 0.531. The number of allylic oxidation sites excluding steroid dienone is 1. The summed E-state index contributed by atoms with van der Waals surface area (Å²) in [7, 11) is 0. The minimum Gasteiger partial charge on any atom is -0.486 e. The Bertz CT molecular complexity index is 793. The van der Waals surface area contributed by atoms with Gasteiger partial charge < -0.3 is 20.1 Å². The molecule has 2 aromatic rings. The summed E-state index contributed by atoms with van der Waals surface area (Å²) in [5, 5.41) is 14.6. The van der Waals surface area contributed by atoms with Gasteiger partial charge in [-0.3, -0.25) is 0 Å². The monoisotopic (exact) mass is 353 g/mol. The van der Waals surface area contributed by atoms with E-state index in [1.807, 2.05) is 18.2 Å². The maximum atomic E-state index is 5.61. The molecule has 4 rings (SSSR count). The maximum Gasteiger partial charge on any atom is 0.244 e. The Labute approximate surface area is 152 Å². The van der Waals surface area contributed by atoms with Gasteiger partial charge in [0.25, 0.3) is 0 Å². The fourth-order valence-electron chi connectivity index (χ4n) is 3.17.